The summed E-state index contributed by atoms with van der Waals surface area (Å²) in [5.74, 6) is -0.832. The highest BCUT2D eigenvalue weighted by atomic mass is 16.6. The largest absolute Gasteiger partial charge is 0.463 e. The molecule has 0 N–H and O–H groups in total. The fourth-order valence-corrected chi connectivity index (χ4v) is 1.86. The summed E-state index contributed by atoms with van der Waals surface area (Å²) in [5, 5.41) is 0. The smallest absolute Gasteiger partial charge is 0.347 e. The number of oxazole rings is 1. The summed E-state index contributed by atoms with van der Waals surface area (Å²) in [6.45, 7) is 0.283. The molecule has 0 aliphatic carbocycles. The predicted octanol–water partition coefficient (Wildman–Crippen LogP) is 1.70. The van der Waals surface area contributed by atoms with Crippen LogP contribution in [0.2, 0.25) is 0 Å². The summed E-state index contributed by atoms with van der Waals surface area (Å²) in [5.41, 5.74) is 1.35. The fraction of sp³-hybridized carbons (Fsp3) is 0.214. The normalized spacial score (nSPS) is 18.6. The van der Waals surface area contributed by atoms with Crippen LogP contribution in [0.15, 0.2) is 34.8 Å². The summed E-state index contributed by atoms with van der Waals surface area (Å²) in [4.78, 5) is 26.9. The molecule has 1 fully saturated rings. The zero-order chi connectivity index (χ0) is 13.9. The van der Waals surface area contributed by atoms with E-state index in [4.69, 9.17) is 13.9 Å². The minimum atomic E-state index is -0.809. The maximum Gasteiger partial charge on any atom is 0.347 e. The number of nitrogens with zero attached hydrogens (tertiary/aromatic N) is 1. The maximum atomic E-state index is 11.5. The topological polar surface area (TPSA) is 78.6 Å². The third-order valence-electron chi connectivity index (χ3n) is 2.82. The molecule has 1 atom stereocenters. The van der Waals surface area contributed by atoms with Crippen molar-refractivity contribution in [2.45, 2.75) is 12.5 Å². The molecule has 0 bridgehead atoms. The molecule has 1 aromatic heterocycles. The van der Waals surface area contributed by atoms with Gasteiger partial charge in [0, 0.05) is 18.6 Å². The second kappa shape index (κ2) is 5.16. The fourth-order valence-electron chi connectivity index (χ4n) is 1.86. The van der Waals surface area contributed by atoms with Crippen LogP contribution in [0.4, 0.5) is 0 Å². The van der Waals surface area contributed by atoms with E-state index >= 15 is 0 Å². The van der Waals surface area contributed by atoms with E-state index in [-0.39, 0.29) is 6.61 Å². The first-order valence-corrected chi connectivity index (χ1v) is 6.13. The van der Waals surface area contributed by atoms with Crippen LogP contribution < -0.4 is 0 Å². The molecule has 1 saturated heterocycles. The van der Waals surface area contributed by atoms with E-state index in [2.05, 4.69) is 4.98 Å². The molecular formula is C14H11NO5. The average Bonchev–Trinajstić information content (AvgIpc) is 3.03. The van der Waals surface area contributed by atoms with E-state index in [0.717, 1.165) is 0 Å². The van der Waals surface area contributed by atoms with Crippen LogP contribution in [0, 0.1) is 0 Å². The lowest BCUT2D eigenvalue weighted by atomic mass is 10.3. The minimum absolute atomic E-state index is 0.283. The lowest BCUT2D eigenvalue weighted by Gasteiger charge is -2.04. The van der Waals surface area contributed by atoms with Gasteiger partial charge in [0.2, 0.25) is 12.0 Å². The van der Waals surface area contributed by atoms with Crippen molar-refractivity contribution in [3.05, 3.63) is 36.2 Å². The van der Waals surface area contributed by atoms with Gasteiger partial charge in [0.1, 0.15) is 5.52 Å². The van der Waals surface area contributed by atoms with Crippen molar-refractivity contribution in [1.29, 1.82) is 0 Å². The number of cyclic esters (lactones) is 1. The van der Waals surface area contributed by atoms with Gasteiger partial charge < -0.3 is 13.9 Å². The van der Waals surface area contributed by atoms with E-state index in [1.165, 1.54) is 12.2 Å². The molecule has 0 unspecified atom stereocenters. The molecular weight excluding hydrogens is 262 g/mol. The van der Waals surface area contributed by atoms with Crippen LogP contribution in [0.5, 0.6) is 0 Å². The molecule has 2 aromatic rings. The second-order valence-electron chi connectivity index (χ2n) is 4.23. The van der Waals surface area contributed by atoms with Gasteiger partial charge in [-0.15, -0.1) is 0 Å². The summed E-state index contributed by atoms with van der Waals surface area (Å²) >= 11 is 0. The molecule has 6 heteroatoms. The highest BCUT2D eigenvalue weighted by Crippen LogP contribution is 2.16. The first-order chi connectivity index (χ1) is 9.72. The molecule has 0 spiro atoms. The number of aromatic nitrogens is 1. The highest BCUT2D eigenvalue weighted by molar-refractivity contribution is 5.89. The Balaban J connectivity index is 1.67. The molecule has 0 saturated carbocycles. The average molecular weight is 273 g/mol. The van der Waals surface area contributed by atoms with Gasteiger partial charge in [-0.25, -0.2) is 14.6 Å². The number of fused-ring (bicyclic) bond motifs is 1. The molecule has 0 amide bonds. The van der Waals surface area contributed by atoms with Crippen molar-refractivity contribution in [3.8, 4) is 0 Å². The molecule has 3 rings (SSSR count). The third kappa shape index (κ3) is 2.54. The minimum Gasteiger partial charge on any atom is -0.463 e. The van der Waals surface area contributed by atoms with Gasteiger partial charge in [0.05, 0.1) is 6.61 Å². The number of ether oxygens (including phenoxy) is 2. The molecule has 1 aliphatic rings. The Hall–Kier alpha value is -2.63. The number of carbonyl (C=O) groups is 2. The van der Waals surface area contributed by atoms with E-state index in [0.29, 0.717) is 23.4 Å². The first kappa shape index (κ1) is 12.4. The molecule has 1 aliphatic heterocycles. The maximum absolute atomic E-state index is 11.5. The Labute approximate surface area is 114 Å². The number of para-hydroxylation sites is 2. The van der Waals surface area contributed by atoms with Crippen LogP contribution in [0.25, 0.3) is 17.2 Å². The Bertz CT molecular complexity index is 655. The number of rotatable bonds is 3. The SMILES string of the molecule is O=C(/C=C/c1nc2ccccc2o1)O[C@H]1CCOC1=O. The molecule has 2 heterocycles. The summed E-state index contributed by atoms with van der Waals surface area (Å²) in [6, 6.07) is 7.27. The zero-order valence-electron chi connectivity index (χ0n) is 10.4. The molecule has 6 nitrogen and oxygen atoms in total. The van der Waals surface area contributed by atoms with Gasteiger partial charge in [-0.2, -0.15) is 0 Å². The van der Waals surface area contributed by atoms with Crippen LogP contribution in [-0.2, 0) is 19.1 Å². The summed E-state index contributed by atoms with van der Waals surface area (Å²) in [6.07, 6.45) is 2.16. The summed E-state index contributed by atoms with van der Waals surface area (Å²) in [7, 11) is 0. The lowest BCUT2D eigenvalue weighted by Crippen LogP contribution is -2.21. The van der Waals surface area contributed by atoms with Crippen molar-refractivity contribution >= 4 is 29.1 Å². The Morgan fingerprint density at radius 3 is 3.00 bits per heavy atom. The van der Waals surface area contributed by atoms with Gasteiger partial charge >= 0.3 is 11.9 Å². The predicted molar refractivity (Wildman–Crippen MR) is 68.5 cm³/mol. The monoisotopic (exact) mass is 273 g/mol. The highest BCUT2D eigenvalue weighted by Gasteiger charge is 2.29. The standard InChI is InChI=1S/C14H11NO5/c16-13(20-11-7-8-18-14(11)17)6-5-12-15-9-3-1-2-4-10(9)19-12/h1-6,11H,7-8H2/b6-5+/t11-/m0/s1. The van der Waals surface area contributed by atoms with Crippen LogP contribution in [0.3, 0.4) is 0 Å². The number of benzene rings is 1. The van der Waals surface area contributed by atoms with Crippen molar-refractivity contribution in [1.82, 2.24) is 4.98 Å². The zero-order valence-corrected chi connectivity index (χ0v) is 10.4. The lowest BCUT2D eigenvalue weighted by molar-refractivity contribution is -0.156. The van der Waals surface area contributed by atoms with Gasteiger partial charge in [0.25, 0.3) is 0 Å². The second-order valence-corrected chi connectivity index (χ2v) is 4.23. The van der Waals surface area contributed by atoms with Crippen molar-refractivity contribution < 1.29 is 23.5 Å². The number of esters is 2. The molecule has 1 aromatic carbocycles. The van der Waals surface area contributed by atoms with Crippen molar-refractivity contribution in [3.63, 3.8) is 0 Å². The Kier molecular flexibility index (Phi) is 3.20. The summed E-state index contributed by atoms with van der Waals surface area (Å²) < 4.78 is 15.1. The van der Waals surface area contributed by atoms with Gasteiger partial charge in [-0.05, 0) is 12.1 Å². The third-order valence-corrected chi connectivity index (χ3v) is 2.82. The van der Waals surface area contributed by atoms with E-state index < -0.39 is 18.0 Å². The van der Waals surface area contributed by atoms with E-state index in [1.54, 1.807) is 6.07 Å². The van der Waals surface area contributed by atoms with Crippen molar-refractivity contribution in [2.24, 2.45) is 0 Å². The first-order valence-electron chi connectivity index (χ1n) is 6.13. The Morgan fingerprint density at radius 2 is 2.25 bits per heavy atom. The van der Waals surface area contributed by atoms with Crippen molar-refractivity contribution in [2.75, 3.05) is 6.61 Å². The quantitative estimate of drug-likeness (QED) is 0.625. The van der Waals surface area contributed by atoms with Gasteiger partial charge in [-0.1, -0.05) is 12.1 Å². The van der Waals surface area contributed by atoms with E-state index in [1.807, 2.05) is 18.2 Å². The molecule has 0 radical (unpaired) electrons. The van der Waals surface area contributed by atoms with Crippen LogP contribution in [-0.4, -0.2) is 29.6 Å². The van der Waals surface area contributed by atoms with Gasteiger partial charge in [-0.3, -0.25) is 0 Å². The van der Waals surface area contributed by atoms with Crippen LogP contribution >= 0.6 is 0 Å². The van der Waals surface area contributed by atoms with Crippen LogP contribution in [0.1, 0.15) is 12.3 Å². The number of hydrogen-bond acceptors (Lipinski definition) is 6. The molecule has 102 valence electrons. The Morgan fingerprint density at radius 1 is 1.40 bits per heavy atom. The number of carbonyl (C=O) groups excluding carboxylic acids is 2. The molecule has 20 heavy (non-hydrogen) atoms. The van der Waals surface area contributed by atoms with Gasteiger partial charge in [0.15, 0.2) is 5.58 Å². The number of hydrogen-bond donors (Lipinski definition) is 0. The van der Waals surface area contributed by atoms with E-state index in [9.17, 15) is 9.59 Å².